The van der Waals surface area contributed by atoms with Crippen LogP contribution in [0.5, 0.6) is 0 Å². The monoisotopic (exact) mass is 330 g/mol. The van der Waals surface area contributed by atoms with Gasteiger partial charge in [0.15, 0.2) is 0 Å². The van der Waals surface area contributed by atoms with Crippen LogP contribution in [0.4, 0.5) is 5.69 Å². The number of aryl methyl sites for hydroxylation is 1. The Balaban J connectivity index is 1.48. The van der Waals surface area contributed by atoms with Crippen molar-refractivity contribution in [1.29, 1.82) is 0 Å². The van der Waals surface area contributed by atoms with E-state index >= 15 is 0 Å². The zero-order valence-electron chi connectivity index (χ0n) is 14.4. The van der Waals surface area contributed by atoms with Crippen molar-refractivity contribution in [3.8, 4) is 0 Å². The summed E-state index contributed by atoms with van der Waals surface area (Å²) in [6.07, 6.45) is 4.01. The minimum atomic E-state index is -0.190. The molecule has 3 rings (SSSR count). The Morgan fingerprint density at radius 3 is 2.71 bits per heavy atom. The second-order valence-corrected chi connectivity index (χ2v) is 6.87. The molecule has 0 aromatic heterocycles. The van der Waals surface area contributed by atoms with Crippen LogP contribution in [-0.4, -0.2) is 30.6 Å². The van der Waals surface area contributed by atoms with Crippen molar-refractivity contribution in [3.63, 3.8) is 0 Å². The summed E-state index contributed by atoms with van der Waals surface area (Å²) in [6, 6.07) is 6.21. The fraction of sp³-hybridized carbons (Fsp3) is 0.579. The number of carbonyl (C=O) groups is 2. The molecular formula is C19H26N2O3. The molecule has 5 heteroatoms. The predicted octanol–water partition coefficient (Wildman–Crippen LogP) is 2.57. The molecule has 24 heavy (non-hydrogen) atoms. The fourth-order valence-electron chi connectivity index (χ4n) is 3.68. The molecular weight excluding hydrogens is 304 g/mol. The molecule has 1 aliphatic carbocycles. The Kier molecular flexibility index (Phi) is 5.07. The Morgan fingerprint density at radius 1 is 1.25 bits per heavy atom. The molecule has 0 bridgehead atoms. The zero-order chi connectivity index (χ0) is 17.1. The Hall–Kier alpha value is -2.04. The Labute approximate surface area is 143 Å². The third kappa shape index (κ3) is 3.71. The number of rotatable bonds is 4. The molecule has 1 heterocycles. The number of amides is 1. The first kappa shape index (κ1) is 16.8. The number of benzene rings is 1. The summed E-state index contributed by atoms with van der Waals surface area (Å²) in [6.45, 7) is 4.33. The molecule has 0 radical (unpaired) electrons. The number of ether oxygens (including phenoxy) is 1. The molecule has 1 atom stereocenters. The quantitative estimate of drug-likeness (QED) is 0.833. The normalized spacial score (nSPS) is 25.5. The Bertz CT molecular complexity index is 621. The highest BCUT2D eigenvalue weighted by Gasteiger charge is 2.31. The van der Waals surface area contributed by atoms with Gasteiger partial charge in [-0.2, -0.15) is 0 Å². The third-order valence-corrected chi connectivity index (χ3v) is 5.02. The molecule has 1 aliphatic heterocycles. The van der Waals surface area contributed by atoms with Gasteiger partial charge in [-0.1, -0.05) is 17.7 Å². The molecule has 0 spiro atoms. The minimum absolute atomic E-state index is 0.00469. The lowest BCUT2D eigenvalue weighted by Gasteiger charge is -2.28. The number of esters is 1. The van der Waals surface area contributed by atoms with Crippen molar-refractivity contribution in [3.05, 3.63) is 29.3 Å². The summed E-state index contributed by atoms with van der Waals surface area (Å²) in [7, 11) is 0. The van der Waals surface area contributed by atoms with Crippen molar-refractivity contribution in [1.82, 2.24) is 5.32 Å². The molecule has 1 amide bonds. The van der Waals surface area contributed by atoms with Crippen molar-refractivity contribution >= 4 is 17.6 Å². The van der Waals surface area contributed by atoms with Crippen molar-refractivity contribution in [2.45, 2.75) is 58.0 Å². The smallest absolute Gasteiger partial charge is 0.308 e. The fourth-order valence-corrected chi connectivity index (χ4v) is 3.68. The number of fused-ring (bicyclic) bond motifs is 1. The summed E-state index contributed by atoms with van der Waals surface area (Å²) >= 11 is 0. The minimum Gasteiger partial charge on any atom is -0.466 e. The van der Waals surface area contributed by atoms with Gasteiger partial charge in [0.05, 0.1) is 12.5 Å². The first-order valence-corrected chi connectivity index (χ1v) is 8.90. The van der Waals surface area contributed by atoms with Crippen LogP contribution in [-0.2, 0) is 20.7 Å². The van der Waals surface area contributed by atoms with Gasteiger partial charge < -0.3 is 15.4 Å². The molecule has 2 aliphatic rings. The van der Waals surface area contributed by atoms with Crippen molar-refractivity contribution in [2.24, 2.45) is 5.92 Å². The average Bonchev–Trinajstić information content (AvgIpc) is 2.99. The Morgan fingerprint density at radius 2 is 2.00 bits per heavy atom. The topological polar surface area (TPSA) is 67.4 Å². The van der Waals surface area contributed by atoms with Gasteiger partial charge in [0.2, 0.25) is 5.91 Å². The maximum Gasteiger partial charge on any atom is 0.308 e. The van der Waals surface area contributed by atoms with Crippen LogP contribution in [0.15, 0.2) is 18.2 Å². The number of nitrogens with one attached hydrogen (secondary N) is 2. The lowest BCUT2D eigenvalue weighted by atomic mass is 9.86. The SMILES string of the molecule is CCOC(=O)[C@H]1CC[C@@H](NC(=O)C2Cc3cc(C)ccc3N2)CC1. The summed E-state index contributed by atoms with van der Waals surface area (Å²) in [5.74, 6) is -0.0380. The third-order valence-electron chi connectivity index (χ3n) is 5.02. The van der Waals surface area contributed by atoms with Crippen LogP contribution in [0.25, 0.3) is 0 Å². The lowest BCUT2D eigenvalue weighted by Crippen LogP contribution is -2.45. The molecule has 1 aromatic carbocycles. The molecule has 1 saturated carbocycles. The second-order valence-electron chi connectivity index (χ2n) is 6.87. The van der Waals surface area contributed by atoms with Crippen molar-refractivity contribution in [2.75, 3.05) is 11.9 Å². The number of carbonyl (C=O) groups excluding carboxylic acids is 2. The van der Waals surface area contributed by atoms with Gasteiger partial charge in [0.1, 0.15) is 6.04 Å². The molecule has 1 unspecified atom stereocenters. The number of anilines is 1. The number of hydrogen-bond donors (Lipinski definition) is 2. The molecule has 5 nitrogen and oxygen atoms in total. The van der Waals surface area contributed by atoms with Crippen molar-refractivity contribution < 1.29 is 14.3 Å². The molecule has 1 aromatic rings. The highest BCUT2D eigenvalue weighted by atomic mass is 16.5. The summed E-state index contributed by atoms with van der Waals surface area (Å²) in [4.78, 5) is 24.3. The second kappa shape index (κ2) is 7.24. The highest BCUT2D eigenvalue weighted by Crippen LogP contribution is 2.28. The van der Waals surface area contributed by atoms with Crippen LogP contribution in [0.1, 0.15) is 43.7 Å². The van der Waals surface area contributed by atoms with Gasteiger partial charge in [-0.15, -0.1) is 0 Å². The van der Waals surface area contributed by atoms with E-state index in [4.69, 9.17) is 4.74 Å². The predicted molar refractivity (Wildman–Crippen MR) is 92.8 cm³/mol. The van der Waals surface area contributed by atoms with E-state index in [1.807, 2.05) is 13.0 Å². The first-order valence-electron chi connectivity index (χ1n) is 8.90. The van der Waals surface area contributed by atoms with E-state index in [9.17, 15) is 9.59 Å². The largest absolute Gasteiger partial charge is 0.466 e. The van der Waals surface area contributed by atoms with Crippen LogP contribution in [0, 0.1) is 12.8 Å². The highest BCUT2D eigenvalue weighted by molar-refractivity contribution is 5.87. The van der Waals surface area contributed by atoms with E-state index in [0.717, 1.165) is 37.8 Å². The molecule has 130 valence electrons. The zero-order valence-corrected chi connectivity index (χ0v) is 14.4. The summed E-state index contributed by atoms with van der Waals surface area (Å²) in [5.41, 5.74) is 3.49. The maximum atomic E-state index is 12.5. The van der Waals surface area contributed by atoms with Crippen LogP contribution in [0.2, 0.25) is 0 Å². The van der Waals surface area contributed by atoms with E-state index in [0.29, 0.717) is 6.61 Å². The summed E-state index contributed by atoms with van der Waals surface area (Å²) in [5, 5.41) is 6.46. The first-order chi connectivity index (χ1) is 11.6. The van der Waals surface area contributed by atoms with Crippen LogP contribution < -0.4 is 10.6 Å². The maximum absolute atomic E-state index is 12.5. The van der Waals surface area contributed by atoms with Gasteiger partial charge in [0.25, 0.3) is 0 Å². The average molecular weight is 330 g/mol. The van der Waals surface area contributed by atoms with E-state index in [2.05, 4.69) is 29.7 Å². The van der Waals surface area contributed by atoms with Gasteiger partial charge in [0, 0.05) is 18.2 Å². The standard InChI is InChI=1S/C19H26N2O3/c1-3-24-19(23)13-5-7-15(8-6-13)20-18(22)17-11-14-10-12(2)4-9-16(14)21-17/h4,9-10,13,15,17,21H,3,5-8,11H2,1-2H3,(H,20,22)/t13-,15+,17?. The van der Waals surface area contributed by atoms with Gasteiger partial charge in [-0.25, -0.2) is 0 Å². The number of hydrogen-bond acceptors (Lipinski definition) is 4. The van der Waals surface area contributed by atoms with Gasteiger partial charge >= 0.3 is 5.97 Å². The summed E-state index contributed by atoms with van der Waals surface area (Å²) < 4.78 is 5.09. The van der Waals surface area contributed by atoms with E-state index in [-0.39, 0.29) is 29.9 Å². The van der Waals surface area contributed by atoms with E-state index in [1.165, 1.54) is 11.1 Å². The van der Waals surface area contributed by atoms with Crippen LogP contribution >= 0.6 is 0 Å². The molecule has 1 fully saturated rings. The van der Waals surface area contributed by atoms with Gasteiger partial charge in [-0.3, -0.25) is 9.59 Å². The molecule has 2 N–H and O–H groups in total. The van der Waals surface area contributed by atoms with E-state index < -0.39 is 0 Å². The van der Waals surface area contributed by atoms with Gasteiger partial charge in [-0.05, 0) is 51.2 Å². The van der Waals surface area contributed by atoms with Crippen LogP contribution in [0.3, 0.4) is 0 Å². The van der Waals surface area contributed by atoms with E-state index in [1.54, 1.807) is 0 Å². The molecule has 0 saturated heterocycles. The lowest BCUT2D eigenvalue weighted by molar-refractivity contribution is -0.149.